The van der Waals surface area contributed by atoms with E-state index in [0.717, 1.165) is 87.5 Å². The standard InChI is InChI=1S/C41H59N3O6/c1-27(2)18-20-30-32(26-45)34(49-23-15-11-7-9-13-17-37(43)44)25-35-38(30)41(47)39-36(50-35)24-33(31(40(39)46)21-19-28(3)4)48-22-14-10-6-8-12-16-29(5)42/h18-19,24-25,42,45-46H,6-17,20-23,26H2,1-5H3,(H3,43,44). The third kappa shape index (κ3) is 12.0. The lowest BCUT2D eigenvalue weighted by atomic mass is 9.95. The Balaban J connectivity index is 2.00. The molecule has 0 spiro atoms. The van der Waals surface area contributed by atoms with Crippen LogP contribution in [0.5, 0.6) is 17.2 Å². The number of aliphatic hydroxyl groups is 1. The molecule has 6 N–H and O–H groups in total. The molecule has 0 saturated heterocycles. The Morgan fingerprint density at radius 1 is 0.720 bits per heavy atom. The number of hydrogen-bond donors (Lipinski definition) is 5. The Hall–Kier alpha value is -4.11. The molecule has 50 heavy (non-hydrogen) atoms. The first-order valence-electron chi connectivity index (χ1n) is 18.2. The Kier molecular flexibility index (Phi) is 16.6. The van der Waals surface area contributed by atoms with E-state index in [2.05, 4.69) is 0 Å². The van der Waals surface area contributed by atoms with Crippen molar-refractivity contribution >= 4 is 33.5 Å². The maximum atomic E-state index is 14.4. The van der Waals surface area contributed by atoms with Crippen molar-refractivity contribution in [2.24, 2.45) is 5.73 Å². The third-order valence-electron chi connectivity index (χ3n) is 8.86. The second-order valence-corrected chi connectivity index (χ2v) is 13.9. The lowest BCUT2D eigenvalue weighted by Gasteiger charge is -2.18. The van der Waals surface area contributed by atoms with E-state index in [1.165, 1.54) is 0 Å². The number of aliphatic hydroxyl groups excluding tert-OH is 1. The first-order chi connectivity index (χ1) is 23.9. The van der Waals surface area contributed by atoms with E-state index in [0.29, 0.717) is 71.6 Å². The van der Waals surface area contributed by atoms with E-state index in [9.17, 15) is 15.0 Å². The zero-order valence-electron chi connectivity index (χ0n) is 30.9. The Morgan fingerprint density at radius 2 is 1.20 bits per heavy atom. The summed E-state index contributed by atoms with van der Waals surface area (Å²) in [5.41, 5.74) is 10.3. The zero-order valence-corrected chi connectivity index (χ0v) is 30.9. The monoisotopic (exact) mass is 689 g/mol. The fourth-order valence-electron chi connectivity index (χ4n) is 6.06. The fourth-order valence-corrected chi connectivity index (χ4v) is 6.06. The van der Waals surface area contributed by atoms with Gasteiger partial charge in [-0.25, -0.2) is 0 Å². The summed E-state index contributed by atoms with van der Waals surface area (Å²) in [7, 11) is 0. The van der Waals surface area contributed by atoms with Gasteiger partial charge in [-0.2, -0.15) is 0 Å². The Morgan fingerprint density at radius 3 is 1.72 bits per heavy atom. The van der Waals surface area contributed by atoms with E-state index in [1.807, 2.05) is 46.8 Å². The van der Waals surface area contributed by atoms with Gasteiger partial charge in [0, 0.05) is 35.4 Å². The second kappa shape index (κ2) is 20.5. The van der Waals surface area contributed by atoms with Gasteiger partial charge in [0.15, 0.2) is 0 Å². The largest absolute Gasteiger partial charge is 0.507 e. The van der Waals surface area contributed by atoms with Crippen molar-refractivity contribution in [3.05, 3.63) is 62.3 Å². The van der Waals surface area contributed by atoms with Crippen LogP contribution in [0, 0.1) is 10.8 Å². The molecular formula is C41H59N3O6. The lowest BCUT2D eigenvalue weighted by molar-refractivity contribution is 0.259. The maximum Gasteiger partial charge on any atom is 0.204 e. The summed E-state index contributed by atoms with van der Waals surface area (Å²) in [6, 6.07) is 3.41. The quantitative estimate of drug-likeness (QED) is 0.0218. The Labute approximate surface area is 297 Å². The first-order valence-corrected chi connectivity index (χ1v) is 18.2. The highest BCUT2D eigenvalue weighted by molar-refractivity contribution is 5.97. The minimum atomic E-state index is -0.354. The summed E-state index contributed by atoms with van der Waals surface area (Å²) in [6.45, 7) is 10.4. The van der Waals surface area contributed by atoms with Crippen LogP contribution in [0.15, 0.2) is 44.6 Å². The van der Waals surface area contributed by atoms with Crippen molar-refractivity contribution in [2.45, 2.75) is 131 Å². The number of rotatable bonds is 23. The van der Waals surface area contributed by atoms with E-state index in [-0.39, 0.29) is 34.6 Å². The maximum absolute atomic E-state index is 14.4. The van der Waals surface area contributed by atoms with Gasteiger partial charge in [0.25, 0.3) is 0 Å². The first kappa shape index (κ1) is 40.3. The summed E-state index contributed by atoms with van der Waals surface area (Å²) in [5, 5.41) is 37.6. The van der Waals surface area contributed by atoms with Crippen LogP contribution in [-0.4, -0.2) is 35.0 Å². The van der Waals surface area contributed by atoms with Crippen molar-refractivity contribution in [2.75, 3.05) is 13.2 Å². The molecule has 0 aliphatic carbocycles. The van der Waals surface area contributed by atoms with Crippen molar-refractivity contribution in [1.82, 2.24) is 0 Å². The van der Waals surface area contributed by atoms with Crippen LogP contribution in [0.25, 0.3) is 21.9 Å². The zero-order chi connectivity index (χ0) is 36.6. The van der Waals surface area contributed by atoms with Crippen molar-refractivity contribution < 1.29 is 24.1 Å². The molecule has 3 rings (SSSR count). The van der Waals surface area contributed by atoms with Gasteiger partial charge in [0.2, 0.25) is 5.43 Å². The van der Waals surface area contributed by atoms with Gasteiger partial charge in [-0.1, -0.05) is 61.8 Å². The number of allylic oxidation sites excluding steroid dienone is 4. The molecule has 9 nitrogen and oxygen atoms in total. The summed E-state index contributed by atoms with van der Waals surface area (Å²) in [6.07, 6.45) is 16.0. The molecule has 0 radical (unpaired) electrons. The molecule has 2 aromatic carbocycles. The van der Waals surface area contributed by atoms with Gasteiger partial charge in [-0.3, -0.25) is 10.2 Å². The normalized spacial score (nSPS) is 11.2. The number of benzene rings is 2. The minimum absolute atomic E-state index is 0.101. The number of aromatic hydroxyl groups is 1. The van der Waals surface area contributed by atoms with Gasteiger partial charge in [-0.05, 0) is 85.1 Å². The molecule has 0 amide bonds. The summed E-state index contributed by atoms with van der Waals surface area (Å²) in [5.74, 6) is 1.05. The number of nitrogens with one attached hydrogen (secondary N) is 2. The SMILES string of the molecule is CC(=N)CCCCCCCOc1cc2oc3cc(OCCCCCCCC(=N)N)c(CO)c(CC=C(C)C)c3c(=O)c2c(O)c1CC=C(C)C. The molecule has 0 bridgehead atoms. The van der Waals surface area contributed by atoms with Crippen LogP contribution in [0.1, 0.15) is 128 Å². The highest BCUT2D eigenvalue weighted by Crippen LogP contribution is 2.39. The van der Waals surface area contributed by atoms with Gasteiger partial charge < -0.3 is 35.2 Å². The molecule has 1 aromatic heterocycles. The molecule has 1 heterocycles. The molecule has 0 saturated carbocycles. The van der Waals surface area contributed by atoms with E-state index in [4.69, 9.17) is 30.4 Å². The molecule has 0 aliphatic heterocycles. The molecule has 0 aliphatic rings. The molecule has 9 heteroatoms. The number of unbranched alkanes of at least 4 members (excludes halogenated alkanes) is 8. The average molecular weight is 690 g/mol. The smallest absolute Gasteiger partial charge is 0.204 e. The number of phenols is 1. The predicted molar refractivity (Wildman–Crippen MR) is 206 cm³/mol. The van der Waals surface area contributed by atoms with Crippen LogP contribution in [0.4, 0.5) is 0 Å². The molecule has 3 aromatic rings. The second-order valence-electron chi connectivity index (χ2n) is 13.9. The molecule has 0 fully saturated rings. The van der Waals surface area contributed by atoms with Gasteiger partial charge in [0.1, 0.15) is 33.8 Å². The number of phenolic OH excluding ortho intramolecular Hbond substituents is 1. The highest BCUT2D eigenvalue weighted by Gasteiger charge is 2.24. The summed E-state index contributed by atoms with van der Waals surface area (Å²) < 4.78 is 18.9. The number of hydrogen-bond acceptors (Lipinski definition) is 8. The number of ether oxygens (including phenoxy) is 2. The van der Waals surface area contributed by atoms with Gasteiger partial charge in [-0.15, -0.1) is 0 Å². The Bertz CT molecular complexity index is 1730. The molecule has 0 atom stereocenters. The third-order valence-corrected chi connectivity index (χ3v) is 8.86. The average Bonchev–Trinajstić information content (AvgIpc) is 3.04. The van der Waals surface area contributed by atoms with Crippen molar-refractivity contribution in [3.8, 4) is 17.2 Å². The molecule has 274 valence electrons. The summed E-state index contributed by atoms with van der Waals surface area (Å²) in [4.78, 5) is 14.4. The van der Waals surface area contributed by atoms with E-state index in [1.54, 1.807) is 12.1 Å². The topological polar surface area (TPSA) is 163 Å². The lowest BCUT2D eigenvalue weighted by Crippen LogP contribution is -2.11. The highest BCUT2D eigenvalue weighted by atomic mass is 16.5. The van der Waals surface area contributed by atoms with Crippen LogP contribution < -0.4 is 20.6 Å². The number of nitrogens with two attached hydrogens (primary N) is 1. The predicted octanol–water partition coefficient (Wildman–Crippen LogP) is 9.58. The number of amidine groups is 1. The molecular weight excluding hydrogens is 630 g/mol. The summed E-state index contributed by atoms with van der Waals surface area (Å²) >= 11 is 0. The van der Waals surface area contributed by atoms with E-state index >= 15 is 0 Å². The minimum Gasteiger partial charge on any atom is -0.507 e. The van der Waals surface area contributed by atoms with Gasteiger partial charge >= 0.3 is 0 Å². The molecule has 0 unspecified atom stereocenters. The van der Waals surface area contributed by atoms with Crippen molar-refractivity contribution in [3.63, 3.8) is 0 Å². The van der Waals surface area contributed by atoms with Crippen LogP contribution >= 0.6 is 0 Å². The van der Waals surface area contributed by atoms with Gasteiger partial charge in [0.05, 0.1) is 31.0 Å². The van der Waals surface area contributed by atoms with E-state index < -0.39 is 0 Å². The fraction of sp³-hybridized carbons (Fsp3) is 0.537. The van der Waals surface area contributed by atoms with Crippen LogP contribution in [0.2, 0.25) is 0 Å². The van der Waals surface area contributed by atoms with Crippen LogP contribution in [-0.2, 0) is 19.4 Å². The van der Waals surface area contributed by atoms with Crippen molar-refractivity contribution in [1.29, 1.82) is 10.8 Å². The van der Waals surface area contributed by atoms with Crippen LogP contribution in [0.3, 0.4) is 0 Å². The number of fused-ring (bicyclic) bond motifs is 2.